The number of carbonyl (C=O) groups is 1. The molecule has 7 heteroatoms. The molecule has 1 aromatic rings. The maximum absolute atomic E-state index is 13.6. The van der Waals surface area contributed by atoms with Crippen LogP contribution in [0.15, 0.2) is 12.5 Å². The van der Waals surface area contributed by atoms with E-state index in [4.69, 9.17) is 4.74 Å². The van der Waals surface area contributed by atoms with E-state index >= 15 is 0 Å². The second-order valence-corrected chi connectivity index (χ2v) is 4.39. The van der Waals surface area contributed by atoms with Crippen molar-refractivity contribution in [3.63, 3.8) is 0 Å². The molecule has 2 aliphatic rings. The van der Waals surface area contributed by atoms with Gasteiger partial charge in [0.1, 0.15) is 12.9 Å². The van der Waals surface area contributed by atoms with Crippen LogP contribution in [0, 0.1) is 5.82 Å². The molecule has 3 heterocycles. The first kappa shape index (κ1) is 11.2. The van der Waals surface area contributed by atoms with E-state index < -0.39 is 5.82 Å². The molecule has 1 atom stereocenters. The largest absolute Gasteiger partial charge is 0.448 e. The number of ether oxygens (including phenoxy) is 1. The Labute approximate surface area is 103 Å². The number of hydrogen-bond acceptors (Lipinski definition) is 5. The summed E-state index contributed by atoms with van der Waals surface area (Å²) in [7, 11) is 0. The molecule has 96 valence electrons. The minimum Gasteiger partial charge on any atom is -0.448 e. The molecular formula is C11H13FN4O2. The standard InChI is InChI=1S/C11H13FN4O2/c12-9-5-13-7-14-10(9)15-2-1-8(6-15)16-3-4-18-11(16)17/h5,7-8H,1-4,6H2. The highest BCUT2D eigenvalue weighted by Crippen LogP contribution is 2.24. The second kappa shape index (κ2) is 4.40. The van der Waals surface area contributed by atoms with Crippen LogP contribution in [0.5, 0.6) is 0 Å². The highest BCUT2D eigenvalue weighted by atomic mass is 19.1. The summed E-state index contributed by atoms with van der Waals surface area (Å²) < 4.78 is 18.5. The predicted molar refractivity (Wildman–Crippen MR) is 60.7 cm³/mol. The van der Waals surface area contributed by atoms with E-state index in [1.54, 1.807) is 4.90 Å². The van der Waals surface area contributed by atoms with E-state index in [2.05, 4.69) is 9.97 Å². The van der Waals surface area contributed by atoms with Crippen LogP contribution in [0.2, 0.25) is 0 Å². The molecule has 0 N–H and O–H groups in total. The fourth-order valence-corrected chi connectivity index (χ4v) is 2.46. The zero-order chi connectivity index (χ0) is 12.5. The average molecular weight is 252 g/mol. The van der Waals surface area contributed by atoms with Crippen LogP contribution in [0.25, 0.3) is 0 Å². The highest BCUT2D eigenvalue weighted by Gasteiger charge is 2.35. The third kappa shape index (κ3) is 1.85. The van der Waals surface area contributed by atoms with Crippen LogP contribution in [-0.4, -0.2) is 53.2 Å². The first-order chi connectivity index (χ1) is 8.75. The van der Waals surface area contributed by atoms with Crippen LogP contribution in [0.3, 0.4) is 0 Å². The van der Waals surface area contributed by atoms with Crippen molar-refractivity contribution in [2.75, 3.05) is 31.1 Å². The number of aromatic nitrogens is 2. The van der Waals surface area contributed by atoms with Gasteiger partial charge in [-0.15, -0.1) is 0 Å². The van der Waals surface area contributed by atoms with Gasteiger partial charge in [-0.25, -0.2) is 19.2 Å². The summed E-state index contributed by atoms with van der Waals surface area (Å²) in [6.45, 7) is 2.33. The van der Waals surface area contributed by atoms with Gasteiger partial charge in [0.15, 0.2) is 11.6 Å². The zero-order valence-corrected chi connectivity index (χ0v) is 9.75. The number of hydrogen-bond donors (Lipinski definition) is 0. The fraction of sp³-hybridized carbons (Fsp3) is 0.545. The van der Waals surface area contributed by atoms with Crippen LogP contribution >= 0.6 is 0 Å². The van der Waals surface area contributed by atoms with Crippen molar-refractivity contribution in [2.45, 2.75) is 12.5 Å². The van der Waals surface area contributed by atoms with Gasteiger partial charge >= 0.3 is 6.09 Å². The van der Waals surface area contributed by atoms with Gasteiger partial charge in [-0.3, -0.25) is 4.90 Å². The number of halogens is 1. The lowest BCUT2D eigenvalue weighted by molar-refractivity contribution is 0.150. The lowest BCUT2D eigenvalue weighted by Gasteiger charge is -2.22. The Morgan fingerprint density at radius 3 is 3.06 bits per heavy atom. The molecule has 2 saturated heterocycles. The van der Waals surface area contributed by atoms with Crippen molar-refractivity contribution < 1.29 is 13.9 Å². The maximum Gasteiger partial charge on any atom is 0.410 e. The molecule has 0 aliphatic carbocycles. The Kier molecular flexibility index (Phi) is 2.73. The quantitative estimate of drug-likeness (QED) is 0.773. The van der Waals surface area contributed by atoms with E-state index in [9.17, 15) is 9.18 Å². The van der Waals surface area contributed by atoms with Crippen molar-refractivity contribution in [1.29, 1.82) is 0 Å². The van der Waals surface area contributed by atoms with Gasteiger partial charge in [0, 0.05) is 13.1 Å². The van der Waals surface area contributed by atoms with Crippen LogP contribution in [0.4, 0.5) is 15.0 Å². The molecule has 0 bridgehead atoms. The smallest absolute Gasteiger partial charge is 0.410 e. The lowest BCUT2D eigenvalue weighted by Crippen LogP contribution is -2.38. The second-order valence-electron chi connectivity index (χ2n) is 4.39. The molecule has 0 saturated carbocycles. The first-order valence-corrected chi connectivity index (χ1v) is 5.89. The lowest BCUT2D eigenvalue weighted by atomic mass is 10.2. The Morgan fingerprint density at radius 2 is 2.33 bits per heavy atom. The van der Waals surface area contributed by atoms with Gasteiger partial charge in [-0.05, 0) is 6.42 Å². The van der Waals surface area contributed by atoms with Gasteiger partial charge in [-0.2, -0.15) is 0 Å². The Morgan fingerprint density at radius 1 is 1.44 bits per heavy atom. The predicted octanol–water partition coefficient (Wildman–Crippen LogP) is 0.647. The van der Waals surface area contributed by atoms with E-state index in [1.807, 2.05) is 4.90 Å². The summed E-state index contributed by atoms with van der Waals surface area (Å²) in [6, 6.07) is 0.0781. The molecule has 0 radical (unpaired) electrons. The first-order valence-electron chi connectivity index (χ1n) is 5.89. The zero-order valence-electron chi connectivity index (χ0n) is 9.75. The minimum atomic E-state index is -0.429. The van der Waals surface area contributed by atoms with Gasteiger partial charge in [0.05, 0.1) is 18.8 Å². The van der Waals surface area contributed by atoms with Crippen molar-refractivity contribution in [1.82, 2.24) is 14.9 Å². The number of cyclic esters (lactones) is 1. The van der Waals surface area contributed by atoms with Crippen molar-refractivity contribution in [2.24, 2.45) is 0 Å². The summed E-state index contributed by atoms with van der Waals surface area (Å²) in [6.07, 6.45) is 3.01. The molecule has 0 spiro atoms. The Balaban J connectivity index is 1.72. The Bertz CT molecular complexity index is 470. The topological polar surface area (TPSA) is 58.6 Å². The highest BCUT2D eigenvalue weighted by molar-refractivity contribution is 5.70. The maximum atomic E-state index is 13.6. The molecule has 6 nitrogen and oxygen atoms in total. The molecule has 3 rings (SSSR count). The van der Waals surface area contributed by atoms with Crippen molar-refractivity contribution >= 4 is 11.9 Å². The van der Waals surface area contributed by atoms with E-state index in [0.29, 0.717) is 32.1 Å². The molecule has 1 amide bonds. The molecule has 1 aromatic heterocycles. The van der Waals surface area contributed by atoms with Crippen molar-refractivity contribution in [3.8, 4) is 0 Å². The van der Waals surface area contributed by atoms with Gasteiger partial charge < -0.3 is 9.64 Å². The summed E-state index contributed by atoms with van der Waals surface area (Å²) in [5.41, 5.74) is 0. The third-order valence-electron chi connectivity index (χ3n) is 3.34. The van der Waals surface area contributed by atoms with Gasteiger partial charge in [-0.1, -0.05) is 0 Å². The fourth-order valence-electron chi connectivity index (χ4n) is 2.46. The third-order valence-corrected chi connectivity index (χ3v) is 3.34. The monoisotopic (exact) mass is 252 g/mol. The van der Waals surface area contributed by atoms with E-state index in [-0.39, 0.29) is 12.1 Å². The van der Waals surface area contributed by atoms with E-state index in [1.165, 1.54) is 6.33 Å². The van der Waals surface area contributed by atoms with Gasteiger partial charge in [0.2, 0.25) is 0 Å². The molecule has 2 fully saturated rings. The normalized spacial score (nSPS) is 23.6. The van der Waals surface area contributed by atoms with Crippen LogP contribution < -0.4 is 4.90 Å². The molecule has 18 heavy (non-hydrogen) atoms. The van der Waals surface area contributed by atoms with Crippen LogP contribution in [0.1, 0.15) is 6.42 Å². The Hall–Kier alpha value is -1.92. The summed E-state index contributed by atoms with van der Waals surface area (Å²) in [5, 5.41) is 0. The SMILES string of the molecule is O=C1OCCN1C1CCN(c2ncncc2F)C1. The molecule has 0 aromatic carbocycles. The van der Waals surface area contributed by atoms with Gasteiger partial charge in [0.25, 0.3) is 0 Å². The number of amides is 1. The number of carbonyl (C=O) groups excluding carboxylic acids is 1. The number of rotatable bonds is 2. The summed E-state index contributed by atoms with van der Waals surface area (Å²) in [4.78, 5) is 22.6. The summed E-state index contributed by atoms with van der Waals surface area (Å²) >= 11 is 0. The number of nitrogens with zero attached hydrogens (tertiary/aromatic N) is 4. The van der Waals surface area contributed by atoms with Crippen molar-refractivity contribution in [3.05, 3.63) is 18.3 Å². The van der Waals surface area contributed by atoms with E-state index in [0.717, 1.165) is 12.6 Å². The minimum absolute atomic E-state index is 0.0781. The molecule has 2 aliphatic heterocycles. The molecular weight excluding hydrogens is 239 g/mol. The van der Waals surface area contributed by atoms with Crippen LogP contribution in [-0.2, 0) is 4.74 Å². The summed E-state index contributed by atoms with van der Waals surface area (Å²) in [5.74, 6) is -0.123. The number of anilines is 1. The average Bonchev–Trinajstić information content (AvgIpc) is 2.98. The molecule has 1 unspecified atom stereocenters.